The van der Waals surface area contributed by atoms with Crippen molar-refractivity contribution in [1.82, 2.24) is 5.32 Å². The Balaban J connectivity index is 2.32. The number of aryl methyl sites for hydroxylation is 2. The Morgan fingerprint density at radius 1 is 1.26 bits per heavy atom. The van der Waals surface area contributed by atoms with Gasteiger partial charge in [-0.25, -0.2) is 4.39 Å². The molecule has 0 fully saturated rings. The van der Waals surface area contributed by atoms with Crippen LogP contribution in [0.15, 0.2) is 22.6 Å². The second-order valence-electron chi connectivity index (χ2n) is 5.22. The molecule has 0 aliphatic carbocycles. The lowest BCUT2D eigenvalue weighted by Gasteiger charge is -2.17. The second-order valence-corrected chi connectivity index (χ2v) is 5.22. The highest BCUT2D eigenvalue weighted by Gasteiger charge is 2.24. The zero-order valence-electron chi connectivity index (χ0n) is 13.8. The monoisotopic (exact) mass is 321 g/mol. The van der Waals surface area contributed by atoms with Crippen molar-refractivity contribution in [2.24, 2.45) is 0 Å². The van der Waals surface area contributed by atoms with Gasteiger partial charge in [0.1, 0.15) is 22.9 Å². The fourth-order valence-corrected chi connectivity index (χ4v) is 2.54. The third-order valence-corrected chi connectivity index (χ3v) is 3.62. The standard InChI is InChI=1S/C17H20FNO4/c1-9-8-12(11(3)23-9)10(2)19-17(20)15-13(18)6-7-14(21-4)16(15)22-5/h6-8,10H,1-5H3,(H,19,20). The van der Waals surface area contributed by atoms with Crippen LogP contribution in [0.4, 0.5) is 4.39 Å². The van der Waals surface area contributed by atoms with Gasteiger partial charge in [-0.2, -0.15) is 0 Å². The highest BCUT2D eigenvalue weighted by atomic mass is 19.1. The van der Waals surface area contributed by atoms with Crippen molar-refractivity contribution >= 4 is 5.91 Å². The number of halogens is 1. The van der Waals surface area contributed by atoms with Crippen molar-refractivity contribution in [2.75, 3.05) is 14.2 Å². The molecule has 5 nitrogen and oxygen atoms in total. The quantitative estimate of drug-likeness (QED) is 0.915. The number of benzene rings is 1. The van der Waals surface area contributed by atoms with Crippen LogP contribution in [-0.2, 0) is 0 Å². The summed E-state index contributed by atoms with van der Waals surface area (Å²) in [5, 5.41) is 2.76. The summed E-state index contributed by atoms with van der Waals surface area (Å²) < 4.78 is 29.8. The van der Waals surface area contributed by atoms with Gasteiger partial charge in [0.15, 0.2) is 11.5 Å². The van der Waals surface area contributed by atoms with E-state index in [0.29, 0.717) is 11.5 Å². The Bertz CT molecular complexity index is 724. The molecule has 0 bridgehead atoms. The number of carbonyl (C=O) groups excluding carboxylic acids is 1. The zero-order valence-corrected chi connectivity index (χ0v) is 13.8. The van der Waals surface area contributed by atoms with E-state index >= 15 is 0 Å². The summed E-state index contributed by atoms with van der Waals surface area (Å²) in [5.74, 6) is 0.577. The third kappa shape index (κ3) is 3.31. The van der Waals surface area contributed by atoms with E-state index in [1.807, 2.05) is 19.9 Å². The van der Waals surface area contributed by atoms with E-state index in [1.54, 1.807) is 6.92 Å². The van der Waals surface area contributed by atoms with Gasteiger partial charge >= 0.3 is 0 Å². The molecule has 6 heteroatoms. The summed E-state index contributed by atoms with van der Waals surface area (Å²) in [4.78, 5) is 12.5. The van der Waals surface area contributed by atoms with Gasteiger partial charge in [0.2, 0.25) is 0 Å². The maximum Gasteiger partial charge on any atom is 0.258 e. The summed E-state index contributed by atoms with van der Waals surface area (Å²) in [6.07, 6.45) is 0. The summed E-state index contributed by atoms with van der Waals surface area (Å²) in [6.45, 7) is 5.45. The van der Waals surface area contributed by atoms with Crippen molar-refractivity contribution in [3.8, 4) is 11.5 Å². The number of amides is 1. The number of rotatable bonds is 5. The molecular formula is C17H20FNO4. The molecule has 1 atom stereocenters. The lowest BCUT2D eigenvalue weighted by Crippen LogP contribution is -2.28. The van der Waals surface area contributed by atoms with E-state index in [4.69, 9.17) is 13.9 Å². The first-order valence-electron chi connectivity index (χ1n) is 7.17. The first-order valence-corrected chi connectivity index (χ1v) is 7.17. The maximum atomic E-state index is 14.1. The van der Waals surface area contributed by atoms with Crippen LogP contribution in [0.1, 0.15) is 40.4 Å². The minimum absolute atomic E-state index is 0.0669. The SMILES string of the molecule is COc1ccc(F)c(C(=O)NC(C)c2cc(C)oc2C)c1OC. The highest BCUT2D eigenvalue weighted by molar-refractivity contribution is 5.98. The van der Waals surface area contributed by atoms with Gasteiger partial charge in [-0.05, 0) is 39.0 Å². The maximum absolute atomic E-state index is 14.1. The van der Waals surface area contributed by atoms with Crippen LogP contribution in [0.2, 0.25) is 0 Å². The molecule has 2 aromatic rings. The molecule has 0 aliphatic rings. The predicted molar refractivity (Wildman–Crippen MR) is 83.6 cm³/mol. The van der Waals surface area contributed by atoms with Crippen LogP contribution in [0.25, 0.3) is 0 Å². The predicted octanol–water partition coefficient (Wildman–Crippen LogP) is 3.54. The molecule has 1 amide bonds. The number of hydrogen-bond donors (Lipinski definition) is 1. The molecule has 0 aliphatic heterocycles. The lowest BCUT2D eigenvalue weighted by molar-refractivity contribution is 0.0931. The first kappa shape index (κ1) is 16.9. The van der Waals surface area contributed by atoms with Crippen LogP contribution in [0.3, 0.4) is 0 Å². The Hall–Kier alpha value is -2.50. The van der Waals surface area contributed by atoms with Crippen LogP contribution >= 0.6 is 0 Å². The largest absolute Gasteiger partial charge is 0.493 e. The second kappa shape index (κ2) is 6.73. The zero-order chi connectivity index (χ0) is 17.1. The number of furan rings is 1. The number of carbonyl (C=O) groups is 1. The molecular weight excluding hydrogens is 301 g/mol. The van der Waals surface area contributed by atoms with Crippen LogP contribution < -0.4 is 14.8 Å². The van der Waals surface area contributed by atoms with Gasteiger partial charge in [-0.1, -0.05) is 0 Å². The Kier molecular flexibility index (Phi) is 4.93. The van der Waals surface area contributed by atoms with Gasteiger partial charge in [-0.15, -0.1) is 0 Å². The smallest absolute Gasteiger partial charge is 0.258 e. The summed E-state index contributed by atoms with van der Waals surface area (Å²) >= 11 is 0. The van der Waals surface area contributed by atoms with Gasteiger partial charge in [0, 0.05) is 5.56 Å². The molecule has 23 heavy (non-hydrogen) atoms. The Labute approximate surface area is 134 Å². The molecule has 1 aromatic heterocycles. The molecule has 1 aromatic carbocycles. The molecule has 124 valence electrons. The average molecular weight is 321 g/mol. The Morgan fingerprint density at radius 3 is 2.48 bits per heavy atom. The van der Waals surface area contributed by atoms with E-state index in [-0.39, 0.29) is 17.4 Å². The molecule has 0 radical (unpaired) electrons. The summed E-state index contributed by atoms with van der Waals surface area (Å²) in [5.41, 5.74) is 0.662. The van der Waals surface area contributed by atoms with Gasteiger partial charge < -0.3 is 19.2 Å². The molecule has 1 N–H and O–H groups in total. The van der Waals surface area contributed by atoms with E-state index in [1.165, 1.54) is 26.4 Å². The highest BCUT2D eigenvalue weighted by Crippen LogP contribution is 2.33. The molecule has 1 heterocycles. The molecule has 2 rings (SSSR count). The first-order chi connectivity index (χ1) is 10.9. The molecule has 0 saturated heterocycles. The van der Waals surface area contributed by atoms with Crippen LogP contribution in [0.5, 0.6) is 11.5 Å². The van der Waals surface area contributed by atoms with Crippen molar-refractivity contribution in [1.29, 1.82) is 0 Å². The van der Waals surface area contributed by atoms with Crippen LogP contribution in [0, 0.1) is 19.7 Å². The number of hydrogen-bond acceptors (Lipinski definition) is 4. The fourth-order valence-electron chi connectivity index (χ4n) is 2.54. The molecule has 0 spiro atoms. The van der Waals surface area contributed by atoms with Gasteiger partial charge in [-0.3, -0.25) is 4.79 Å². The van der Waals surface area contributed by atoms with E-state index < -0.39 is 11.7 Å². The fraction of sp³-hybridized carbons (Fsp3) is 0.353. The third-order valence-electron chi connectivity index (χ3n) is 3.62. The van der Waals surface area contributed by atoms with Crippen molar-refractivity contribution in [3.05, 3.63) is 46.7 Å². The lowest BCUT2D eigenvalue weighted by atomic mass is 10.1. The number of nitrogens with one attached hydrogen (secondary N) is 1. The van der Waals surface area contributed by atoms with Gasteiger partial charge in [0.25, 0.3) is 5.91 Å². The summed E-state index contributed by atoms with van der Waals surface area (Å²) in [7, 11) is 2.79. The Morgan fingerprint density at radius 2 is 1.96 bits per heavy atom. The minimum Gasteiger partial charge on any atom is -0.493 e. The summed E-state index contributed by atoms with van der Waals surface area (Å²) in [6, 6.07) is 4.10. The van der Waals surface area contributed by atoms with Crippen molar-refractivity contribution in [2.45, 2.75) is 26.8 Å². The number of ether oxygens (including phenoxy) is 2. The van der Waals surface area contributed by atoms with Gasteiger partial charge in [0.05, 0.1) is 20.3 Å². The van der Waals surface area contributed by atoms with E-state index in [2.05, 4.69) is 5.32 Å². The van der Waals surface area contributed by atoms with Crippen molar-refractivity contribution in [3.63, 3.8) is 0 Å². The minimum atomic E-state index is -0.674. The molecule has 1 unspecified atom stereocenters. The topological polar surface area (TPSA) is 60.7 Å². The van der Waals surface area contributed by atoms with Crippen molar-refractivity contribution < 1.29 is 23.1 Å². The molecule has 0 saturated carbocycles. The average Bonchev–Trinajstić information content (AvgIpc) is 2.85. The number of methoxy groups -OCH3 is 2. The normalized spacial score (nSPS) is 11.9. The van der Waals surface area contributed by atoms with E-state index in [9.17, 15) is 9.18 Å². The van der Waals surface area contributed by atoms with Crippen LogP contribution in [-0.4, -0.2) is 20.1 Å². The van der Waals surface area contributed by atoms with E-state index in [0.717, 1.165) is 11.3 Å².